The van der Waals surface area contributed by atoms with Crippen LogP contribution in [0.5, 0.6) is 0 Å². The van der Waals surface area contributed by atoms with Gasteiger partial charge in [-0.25, -0.2) is 0 Å². The van der Waals surface area contributed by atoms with Gasteiger partial charge in [0, 0.05) is 34.2 Å². The minimum absolute atomic E-state index is 0.0617. The van der Waals surface area contributed by atoms with Gasteiger partial charge in [0.1, 0.15) is 0 Å². The first-order valence-electron chi connectivity index (χ1n) is 10.4. The fraction of sp³-hybridized carbons (Fsp3) is 0.333. The Morgan fingerprint density at radius 1 is 1.07 bits per heavy atom. The van der Waals surface area contributed by atoms with Crippen LogP contribution >= 0.6 is 23.2 Å². The summed E-state index contributed by atoms with van der Waals surface area (Å²) in [6.45, 7) is 0.804. The van der Waals surface area contributed by atoms with Crippen LogP contribution in [-0.2, 0) is 24.1 Å². The third kappa shape index (κ3) is 3.63. The number of likely N-dealkylation sites (tertiary alicyclic amines) is 1. The zero-order chi connectivity index (χ0) is 20.7. The molecule has 4 nitrogen and oxygen atoms in total. The molecule has 6 heteroatoms. The monoisotopic (exact) mass is 439 g/mol. The van der Waals surface area contributed by atoms with Crippen LogP contribution in [0.1, 0.15) is 29.7 Å². The molecule has 30 heavy (non-hydrogen) atoms. The Hall–Kier alpha value is -2.30. The van der Waals surface area contributed by atoms with Gasteiger partial charge in [0.15, 0.2) is 0 Å². The predicted molar refractivity (Wildman–Crippen MR) is 120 cm³/mol. The number of carbonyl (C=O) groups excluding carboxylic acids is 1. The zero-order valence-electron chi connectivity index (χ0n) is 16.6. The molecule has 1 aliphatic carbocycles. The minimum atomic E-state index is -0.0617. The number of carbonyl (C=O) groups is 1. The average molecular weight is 440 g/mol. The van der Waals surface area contributed by atoms with Crippen molar-refractivity contribution < 1.29 is 4.79 Å². The molecule has 2 aliphatic rings. The number of nitrogens with zero attached hydrogens (tertiary/aromatic N) is 2. The first kappa shape index (κ1) is 19.7. The zero-order valence-corrected chi connectivity index (χ0v) is 18.1. The maximum absolute atomic E-state index is 13.2. The molecule has 1 amide bonds. The van der Waals surface area contributed by atoms with Crippen molar-refractivity contribution in [2.75, 3.05) is 6.54 Å². The third-order valence-electron chi connectivity index (χ3n) is 6.48. The minimum Gasteiger partial charge on any atom is -0.339 e. The van der Waals surface area contributed by atoms with Crippen LogP contribution in [0.3, 0.4) is 0 Å². The lowest BCUT2D eigenvalue weighted by Gasteiger charge is -2.31. The third-order valence-corrected chi connectivity index (χ3v) is 7.16. The van der Waals surface area contributed by atoms with Gasteiger partial charge in [-0.3, -0.25) is 9.89 Å². The Balaban J connectivity index is 1.31. The molecule has 2 heterocycles. The van der Waals surface area contributed by atoms with Crippen molar-refractivity contribution in [3.63, 3.8) is 0 Å². The van der Waals surface area contributed by atoms with Gasteiger partial charge in [-0.2, -0.15) is 5.10 Å². The second-order valence-corrected chi connectivity index (χ2v) is 9.09. The molecule has 5 rings (SSSR count). The molecule has 3 aromatic rings. The Labute approximate surface area is 186 Å². The number of amides is 1. The molecule has 0 bridgehead atoms. The summed E-state index contributed by atoms with van der Waals surface area (Å²) in [5, 5.41) is 8.48. The number of nitrogens with one attached hydrogen (secondary N) is 1. The smallest absolute Gasteiger partial charge is 0.226 e. The standard InChI is InChI=1S/C24H23Cl2N3O/c25-21-12-17(15-4-2-1-3-5-15)13-22(26)20(21)11-16-8-9-29(24(16)30)19-6-7-23-18(10-19)14-27-28-23/h1-5,12-14,16,19H,6-11H2,(H,27,28). The second-order valence-electron chi connectivity index (χ2n) is 8.28. The molecule has 1 N–H and O–H groups in total. The van der Waals surface area contributed by atoms with E-state index in [0.717, 1.165) is 48.9 Å². The van der Waals surface area contributed by atoms with Crippen molar-refractivity contribution in [2.24, 2.45) is 5.92 Å². The van der Waals surface area contributed by atoms with Crippen molar-refractivity contribution in [1.82, 2.24) is 15.1 Å². The number of aromatic nitrogens is 2. The maximum atomic E-state index is 13.2. The predicted octanol–water partition coefficient (Wildman–Crippen LogP) is 5.33. The maximum Gasteiger partial charge on any atom is 0.226 e. The van der Waals surface area contributed by atoms with Crippen LogP contribution in [0.4, 0.5) is 0 Å². The highest BCUT2D eigenvalue weighted by Crippen LogP contribution is 2.36. The van der Waals surface area contributed by atoms with Crippen molar-refractivity contribution in [3.05, 3.63) is 75.5 Å². The number of H-pyrrole nitrogens is 1. The fourth-order valence-corrected chi connectivity index (χ4v) is 5.46. The van der Waals surface area contributed by atoms with Crippen LogP contribution in [0.15, 0.2) is 48.7 Å². The lowest BCUT2D eigenvalue weighted by atomic mass is 9.92. The van der Waals surface area contributed by atoms with E-state index in [1.165, 1.54) is 11.3 Å². The molecule has 2 atom stereocenters. The molecule has 1 aliphatic heterocycles. The quantitative estimate of drug-likeness (QED) is 0.596. The lowest BCUT2D eigenvalue weighted by Crippen LogP contribution is -2.41. The van der Waals surface area contributed by atoms with Gasteiger partial charge in [0.2, 0.25) is 5.91 Å². The Morgan fingerprint density at radius 2 is 1.83 bits per heavy atom. The summed E-state index contributed by atoms with van der Waals surface area (Å²) in [6, 6.07) is 14.2. The number of fused-ring (bicyclic) bond motifs is 1. The van der Waals surface area contributed by atoms with E-state index in [1.807, 2.05) is 48.7 Å². The number of aryl methyl sites for hydroxylation is 1. The van der Waals surface area contributed by atoms with E-state index >= 15 is 0 Å². The summed E-state index contributed by atoms with van der Waals surface area (Å²) in [7, 11) is 0. The van der Waals surface area contributed by atoms with Crippen LogP contribution in [0.25, 0.3) is 11.1 Å². The topological polar surface area (TPSA) is 49.0 Å². The van der Waals surface area contributed by atoms with Crippen LogP contribution in [-0.4, -0.2) is 33.6 Å². The van der Waals surface area contributed by atoms with Crippen LogP contribution in [0.2, 0.25) is 10.0 Å². The van der Waals surface area contributed by atoms with E-state index in [1.54, 1.807) is 0 Å². The molecular weight excluding hydrogens is 417 g/mol. The summed E-state index contributed by atoms with van der Waals surface area (Å²) >= 11 is 13.2. The second kappa shape index (κ2) is 8.09. The van der Waals surface area contributed by atoms with Crippen molar-refractivity contribution >= 4 is 29.1 Å². The van der Waals surface area contributed by atoms with E-state index in [-0.39, 0.29) is 17.9 Å². The first-order valence-corrected chi connectivity index (χ1v) is 11.2. The average Bonchev–Trinajstić information content (AvgIpc) is 3.37. The summed E-state index contributed by atoms with van der Waals surface area (Å²) in [6.07, 6.45) is 6.16. The summed E-state index contributed by atoms with van der Waals surface area (Å²) < 4.78 is 0. The van der Waals surface area contributed by atoms with Gasteiger partial charge in [0.25, 0.3) is 0 Å². The van der Waals surface area contributed by atoms with Gasteiger partial charge in [-0.15, -0.1) is 0 Å². The van der Waals surface area contributed by atoms with Gasteiger partial charge in [0.05, 0.1) is 6.20 Å². The number of aromatic amines is 1. The highest BCUT2D eigenvalue weighted by Gasteiger charge is 2.37. The Bertz CT molecular complexity index is 1060. The highest BCUT2D eigenvalue weighted by atomic mass is 35.5. The van der Waals surface area contributed by atoms with E-state index in [9.17, 15) is 4.79 Å². The van der Waals surface area contributed by atoms with Crippen molar-refractivity contribution in [2.45, 2.75) is 38.1 Å². The van der Waals surface area contributed by atoms with Crippen LogP contribution in [0, 0.1) is 5.92 Å². The normalized spacial score (nSPS) is 21.1. The molecule has 1 saturated heterocycles. The SMILES string of the molecule is O=C1C(Cc2c(Cl)cc(-c3ccccc3)cc2Cl)CCN1C1CCc2[nH]ncc2C1. The Kier molecular flexibility index (Phi) is 5.30. The number of rotatable bonds is 4. The van der Waals surface area contributed by atoms with Gasteiger partial charge >= 0.3 is 0 Å². The van der Waals surface area contributed by atoms with Gasteiger partial charge in [-0.05, 0) is 66.5 Å². The van der Waals surface area contributed by atoms with E-state index in [2.05, 4.69) is 15.1 Å². The van der Waals surface area contributed by atoms with Gasteiger partial charge in [-0.1, -0.05) is 53.5 Å². The largest absolute Gasteiger partial charge is 0.339 e. The number of hydrogen-bond donors (Lipinski definition) is 1. The first-order chi connectivity index (χ1) is 14.6. The summed E-state index contributed by atoms with van der Waals surface area (Å²) in [5.74, 6) is 0.166. The molecule has 154 valence electrons. The number of halogens is 2. The van der Waals surface area contributed by atoms with Crippen molar-refractivity contribution in [3.8, 4) is 11.1 Å². The van der Waals surface area contributed by atoms with E-state index in [4.69, 9.17) is 23.2 Å². The molecular formula is C24H23Cl2N3O. The number of hydrogen-bond acceptors (Lipinski definition) is 2. The molecule has 1 aromatic heterocycles. The molecule has 2 aromatic carbocycles. The Morgan fingerprint density at radius 3 is 2.60 bits per heavy atom. The summed E-state index contributed by atoms with van der Waals surface area (Å²) in [5.41, 5.74) is 5.40. The van der Waals surface area contributed by atoms with E-state index < -0.39 is 0 Å². The van der Waals surface area contributed by atoms with Crippen LogP contribution < -0.4 is 0 Å². The molecule has 1 fully saturated rings. The van der Waals surface area contributed by atoms with Gasteiger partial charge < -0.3 is 4.90 Å². The number of benzene rings is 2. The van der Waals surface area contributed by atoms with Crippen molar-refractivity contribution in [1.29, 1.82) is 0 Å². The molecule has 2 unspecified atom stereocenters. The summed E-state index contributed by atoms with van der Waals surface area (Å²) in [4.78, 5) is 15.3. The van der Waals surface area contributed by atoms with E-state index in [0.29, 0.717) is 16.5 Å². The fourth-order valence-electron chi connectivity index (χ4n) is 4.82. The lowest BCUT2D eigenvalue weighted by molar-refractivity contribution is -0.133. The highest BCUT2D eigenvalue weighted by molar-refractivity contribution is 6.36. The molecule has 0 spiro atoms. The molecule has 0 radical (unpaired) electrons. The molecule has 0 saturated carbocycles.